The van der Waals surface area contributed by atoms with Gasteiger partial charge in [0.25, 0.3) is 0 Å². The molecule has 5 nitrogen and oxygen atoms in total. The van der Waals surface area contributed by atoms with Gasteiger partial charge in [0.2, 0.25) is 0 Å². The van der Waals surface area contributed by atoms with Crippen molar-refractivity contribution in [2.45, 2.75) is 44.1 Å². The summed E-state index contributed by atoms with van der Waals surface area (Å²) in [6.45, 7) is 0.710. The molecule has 3 saturated carbocycles. The average molecular weight is 346 g/mol. The van der Waals surface area contributed by atoms with Crippen molar-refractivity contribution in [3.8, 4) is 11.8 Å². The predicted octanol–water partition coefficient (Wildman–Crippen LogP) is 3.36. The maximum atomic E-state index is 5.71. The molecule has 0 amide bonds. The van der Waals surface area contributed by atoms with Crippen LogP contribution in [0.2, 0.25) is 0 Å². The van der Waals surface area contributed by atoms with Crippen LogP contribution in [-0.2, 0) is 10.4 Å². The van der Waals surface area contributed by atoms with Gasteiger partial charge < -0.3 is 4.84 Å². The highest BCUT2D eigenvalue weighted by atomic mass is 16.6. The lowest BCUT2D eigenvalue weighted by molar-refractivity contribution is 0.132. The Kier molecular flexibility index (Phi) is 3.77. The molecule has 0 saturated heterocycles. The molecular formula is C21H22N4O. The average Bonchev–Trinajstić information content (AvgIpc) is 3.56. The van der Waals surface area contributed by atoms with E-state index in [2.05, 4.69) is 51.3 Å². The number of hydrogen-bond donors (Lipinski definition) is 0. The summed E-state index contributed by atoms with van der Waals surface area (Å²) in [7, 11) is 0. The molecule has 3 fully saturated rings. The Morgan fingerprint density at radius 3 is 2.62 bits per heavy atom. The normalized spacial score (nSPS) is 21.0. The van der Waals surface area contributed by atoms with E-state index in [0.29, 0.717) is 18.4 Å². The van der Waals surface area contributed by atoms with Crippen LogP contribution in [0.15, 0.2) is 42.1 Å². The summed E-state index contributed by atoms with van der Waals surface area (Å²) in [6.07, 6.45) is 10.4. The van der Waals surface area contributed by atoms with E-state index in [0.717, 1.165) is 29.7 Å². The fourth-order valence-corrected chi connectivity index (χ4v) is 3.14. The van der Waals surface area contributed by atoms with E-state index >= 15 is 0 Å². The van der Waals surface area contributed by atoms with Crippen molar-refractivity contribution >= 4 is 5.71 Å². The minimum absolute atomic E-state index is 0.221. The predicted molar refractivity (Wildman–Crippen MR) is 98.5 cm³/mol. The minimum Gasteiger partial charge on any atom is -0.395 e. The molecule has 3 aliphatic rings. The van der Waals surface area contributed by atoms with Crippen LogP contribution < -0.4 is 0 Å². The zero-order chi connectivity index (χ0) is 17.4. The summed E-state index contributed by atoms with van der Waals surface area (Å²) in [4.78, 5) is 9.84. The van der Waals surface area contributed by atoms with Gasteiger partial charge in [0.15, 0.2) is 0 Å². The molecule has 0 radical (unpaired) electrons. The highest BCUT2D eigenvalue weighted by Gasteiger charge is 2.51. The SMILES string of the molecule is C(#CC1CC1)c1ccc(/C(=N/OCC2CC2)C2(n3cncn3)CC2)cc1. The molecule has 5 heteroatoms. The molecule has 1 heterocycles. The van der Waals surface area contributed by atoms with E-state index in [1.807, 2.05) is 4.68 Å². The van der Waals surface area contributed by atoms with Gasteiger partial charge in [0, 0.05) is 17.0 Å². The molecule has 5 rings (SSSR count). The lowest BCUT2D eigenvalue weighted by atomic mass is 10.00. The largest absolute Gasteiger partial charge is 0.395 e. The van der Waals surface area contributed by atoms with Gasteiger partial charge in [0.1, 0.15) is 30.5 Å². The Bertz CT molecular complexity index is 861. The fraction of sp³-hybridized carbons (Fsp3) is 0.476. The maximum Gasteiger partial charge on any atom is 0.137 e. The van der Waals surface area contributed by atoms with Crippen molar-refractivity contribution in [1.29, 1.82) is 0 Å². The van der Waals surface area contributed by atoms with Crippen molar-refractivity contribution in [3.63, 3.8) is 0 Å². The van der Waals surface area contributed by atoms with Crippen LogP contribution >= 0.6 is 0 Å². The summed E-state index contributed by atoms with van der Waals surface area (Å²) in [5.41, 5.74) is 2.86. The molecule has 132 valence electrons. The molecule has 26 heavy (non-hydrogen) atoms. The fourth-order valence-electron chi connectivity index (χ4n) is 3.14. The third-order valence-corrected chi connectivity index (χ3v) is 5.34. The molecule has 3 aliphatic carbocycles. The van der Waals surface area contributed by atoms with Crippen molar-refractivity contribution in [2.75, 3.05) is 6.61 Å². The van der Waals surface area contributed by atoms with Crippen LogP contribution in [-0.4, -0.2) is 27.1 Å². The summed E-state index contributed by atoms with van der Waals surface area (Å²) < 4.78 is 1.92. The molecular weight excluding hydrogens is 324 g/mol. The highest BCUT2D eigenvalue weighted by Crippen LogP contribution is 2.46. The molecule has 1 aromatic carbocycles. The van der Waals surface area contributed by atoms with Crippen LogP contribution in [0.4, 0.5) is 0 Å². The molecule has 0 spiro atoms. The first-order valence-electron chi connectivity index (χ1n) is 9.51. The van der Waals surface area contributed by atoms with E-state index in [1.165, 1.54) is 25.7 Å². The van der Waals surface area contributed by atoms with Crippen molar-refractivity contribution in [1.82, 2.24) is 14.8 Å². The zero-order valence-corrected chi connectivity index (χ0v) is 14.8. The van der Waals surface area contributed by atoms with Crippen LogP contribution in [0.3, 0.4) is 0 Å². The Labute approximate surface area is 153 Å². The molecule has 0 unspecified atom stereocenters. The van der Waals surface area contributed by atoms with E-state index in [-0.39, 0.29) is 5.54 Å². The van der Waals surface area contributed by atoms with Gasteiger partial charge in [-0.1, -0.05) is 29.1 Å². The van der Waals surface area contributed by atoms with Gasteiger partial charge in [-0.25, -0.2) is 9.67 Å². The monoisotopic (exact) mass is 346 g/mol. The van der Waals surface area contributed by atoms with Gasteiger partial charge >= 0.3 is 0 Å². The van der Waals surface area contributed by atoms with Crippen molar-refractivity contribution < 1.29 is 4.84 Å². The van der Waals surface area contributed by atoms with Gasteiger partial charge in [0.05, 0.1) is 0 Å². The highest BCUT2D eigenvalue weighted by molar-refractivity contribution is 6.07. The number of aromatic nitrogens is 3. The first-order chi connectivity index (χ1) is 12.8. The Balaban J connectivity index is 1.42. The van der Waals surface area contributed by atoms with E-state index in [9.17, 15) is 0 Å². The number of hydrogen-bond acceptors (Lipinski definition) is 4. The quantitative estimate of drug-likeness (QED) is 0.458. The van der Waals surface area contributed by atoms with Gasteiger partial charge in [-0.3, -0.25) is 0 Å². The minimum atomic E-state index is -0.221. The summed E-state index contributed by atoms with van der Waals surface area (Å²) in [5, 5.41) is 8.94. The van der Waals surface area contributed by atoms with Gasteiger partial charge in [-0.15, -0.1) is 0 Å². The van der Waals surface area contributed by atoms with Gasteiger partial charge in [-0.2, -0.15) is 5.10 Å². The van der Waals surface area contributed by atoms with Crippen LogP contribution in [0.5, 0.6) is 0 Å². The summed E-state index contributed by atoms with van der Waals surface area (Å²) in [6, 6.07) is 8.37. The second-order valence-electron chi connectivity index (χ2n) is 7.67. The maximum absolute atomic E-state index is 5.71. The third-order valence-electron chi connectivity index (χ3n) is 5.34. The van der Waals surface area contributed by atoms with Crippen LogP contribution in [0.25, 0.3) is 0 Å². The van der Waals surface area contributed by atoms with Crippen molar-refractivity contribution in [3.05, 3.63) is 48.0 Å². The molecule has 0 N–H and O–H groups in total. The van der Waals surface area contributed by atoms with E-state index < -0.39 is 0 Å². The Hall–Kier alpha value is -2.61. The van der Waals surface area contributed by atoms with Crippen LogP contribution in [0, 0.1) is 23.7 Å². The number of rotatable bonds is 6. The first kappa shape index (κ1) is 15.6. The molecule has 0 bridgehead atoms. The van der Waals surface area contributed by atoms with Crippen molar-refractivity contribution in [2.24, 2.45) is 17.0 Å². The Morgan fingerprint density at radius 2 is 2.00 bits per heavy atom. The smallest absolute Gasteiger partial charge is 0.137 e. The molecule has 2 aromatic rings. The molecule has 1 aromatic heterocycles. The number of oxime groups is 1. The summed E-state index contributed by atoms with van der Waals surface area (Å²) in [5.74, 6) is 7.88. The third kappa shape index (κ3) is 3.24. The Morgan fingerprint density at radius 1 is 1.19 bits per heavy atom. The van der Waals surface area contributed by atoms with Crippen LogP contribution in [0.1, 0.15) is 49.7 Å². The van der Waals surface area contributed by atoms with Gasteiger partial charge in [-0.05, 0) is 56.6 Å². The van der Waals surface area contributed by atoms with E-state index in [4.69, 9.17) is 4.84 Å². The standard InChI is InChI=1S/C21H22N4O/c1-2-16(1)3-4-17-7-9-19(10-8-17)20(24-26-13-18-5-6-18)21(11-12-21)25-15-22-14-23-25/h7-10,14-16,18H,1-2,5-6,11-13H2/b24-20-. The number of nitrogens with zero attached hydrogens (tertiary/aromatic N) is 4. The zero-order valence-electron chi connectivity index (χ0n) is 14.8. The first-order valence-corrected chi connectivity index (χ1v) is 9.51. The topological polar surface area (TPSA) is 52.3 Å². The lowest BCUT2D eigenvalue weighted by Gasteiger charge is -2.18. The lowest BCUT2D eigenvalue weighted by Crippen LogP contribution is -2.29. The second kappa shape index (κ2) is 6.28. The molecule has 0 aliphatic heterocycles. The van der Waals surface area contributed by atoms with E-state index in [1.54, 1.807) is 12.7 Å². The number of benzene rings is 1. The summed E-state index contributed by atoms with van der Waals surface area (Å²) >= 11 is 0. The molecule has 0 atom stereocenters. The second-order valence-corrected chi connectivity index (χ2v) is 7.67.